The molecular weight excluding hydrogens is 106 g/mol. The van der Waals surface area contributed by atoms with Crippen LogP contribution in [0.3, 0.4) is 0 Å². The molecular formula is C5H9NO2. The second-order valence-corrected chi connectivity index (χ2v) is 1.67. The Bertz CT molecular complexity index is 109. The third-order valence-corrected chi connectivity index (χ3v) is 0.587. The van der Waals surface area contributed by atoms with Gasteiger partial charge in [0.25, 0.3) is 0 Å². The summed E-state index contributed by atoms with van der Waals surface area (Å²) in [5, 5.41) is 7.94. The molecule has 0 spiro atoms. The van der Waals surface area contributed by atoms with E-state index in [9.17, 15) is 4.79 Å². The maximum Gasteiger partial charge on any atom is 0.247 e. The number of nitrogens with one attached hydrogen (secondary N) is 1. The van der Waals surface area contributed by atoms with Gasteiger partial charge in [0.2, 0.25) is 5.91 Å². The Morgan fingerprint density at radius 3 is 2.50 bits per heavy atom. The van der Waals surface area contributed by atoms with Gasteiger partial charge in [-0.3, -0.25) is 10.0 Å². The Balaban J connectivity index is 3.40. The molecule has 46 valence electrons. The minimum absolute atomic E-state index is 0.191. The lowest BCUT2D eigenvalue weighted by Crippen LogP contribution is -2.17. The van der Waals surface area contributed by atoms with E-state index in [-0.39, 0.29) is 6.42 Å². The average molecular weight is 115 g/mol. The molecule has 0 heterocycles. The lowest BCUT2D eigenvalue weighted by Gasteiger charge is -1.93. The van der Waals surface area contributed by atoms with E-state index in [1.165, 1.54) is 5.48 Å². The van der Waals surface area contributed by atoms with Crippen LogP contribution >= 0.6 is 0 Å². The molecule has 0 unspecified atom stereocenters. The van der Waals surface area contributed by atoms with Crippen LogP contribution in [0.5, 0.6) is 0 Å². The Kier molecular flexibility index (Phi) is 2.88. The highest BCUT2D eigenvalue weighted by Crippen LogP contribution is 1.92. The number of carbonyl (C=O) groups is 1. The summed E-state index contributed by atoms with van der Waals surface area (Å²) >= 11 is 0. The van der Waals surface area contributed by atoms with Gasteiger partial charge in [-0.05, 0) is 6.92 Å². The lowest BCUT2D eigenvalue weighted by molar-refractivity contribution is -0.128. The standard InChI is InChI=1S/C5H9NO2/c1-4(2)3-5(7)6-8/h8H,1,3H2,2H3,(H,6,7). The summed E-state index contributed by atoms with van der Waals surface area (Å²) in [5.41, 5.74) is 2.23. The van der Waals surface area contributed by atoms with Crippen molar-refractivity contribution >= 4 is 5.91 Å². The molecule has 1 amide bonds. The van der Waals surface area contributed by atoms with Crippen molar-refractivity contribution in [2.24, 2.45) is 0 Å². The quantitative estimate of drug-likeness (QED) is 0.312. The number of hydrogen-bond donors (Lipinski definition) is 2. The van der Waals surface area contributed by atoms with Gasteiger partial charge in [0, 0.05) is 6.42 Å². The summed E-state index contributed by atoms with van der Waals surface area (Å²) in [7, 11) is 0. The van der Waals surface area contributed by atoms with Crippen molar-refractivity contribution in [1.29, 1.82) is 0 Å². The molecule has 0 aromatic carbocycles. The van der Waals surface area contributed by atoms with Crippen LogP contribution < -0.4 is 5.48 Å². The predicted octanol–water partition coefficient (Wildman–Crippen LogP) is 0.458. The fourth-order valence-corrected chi connectivity index (χ4v) is 0.314. The summed E-state index contributed by atoms with van der Waals surface area (Å²) < 4.78 is 0. The van der Waals surface area contributed by atoms with Crippen LogP contribution in [0.4, 0.5) is 0 Å². The van der Waals surface area contributed by atoms with Gasteiger partial charge in [0.1, 0.15) is 0 Å². The molecule has 3 nitrogen and oxygen atoms in total. The Morgan fingerprint density at radius 1 is 1.88 bits per heavy atom. The molecule has 0 aromatic heterocycles. The number of amides is 1. The summed E-state index contributed by atoms with van der Waals surface area (Å²) in [6, 6.07) is 0. The second kappa shape index (κ2) is 3.21. The van der Waals surface area contributed by atoms with Crippen LogP contribution in [0.25, 0.3) is 0 Å². The molecule has 0 saturated carbocycles. The zero-order valence-corrected chi connectivity index (χ0v) is 4.77. The van der Waals surface area contributed by atoms with E-state index < -0.39 is 5.91 Å². The number of rotatable bonds is 2. The molecule has 0 aliphatic heterocycles. The fourth-order valence-electron chi connectivity index (χ4n) is 0.314. The molecule has 0 radical (unpaired) electrons. The van der Waals surface area contributed by atoms with E-state index in [1.807, 2.05) is 0 Å². The molecule has 0 aliphatic rings. The van der Waals surface area contributed by atoms with Crippen molar-refractivity contribution in [2.75, 3.05) is 0 Å². The van der Waals surface area contributed by atoms with Crippen LogP contribution in [0.1, 0.15) is 13.3 Å². The molecule has 0 bridgehead atoms. The Labute approximate surface area is 48.0 Å². The second-order valence-electron chi connectivity index (χ2n) is 1.67. The van der Waals surface area contributed by atoms with Crippen molar-refractivity contribution in [1.82, 2.24) is 5.48 Å². The molecule has 0 rings (SSSR count). The topological polar surface area (TPSA) is 49.3 Å². The number of carbonyl (C=O) groups excluding carboxylic acids is 1. The molecule has 0 aromatic rings. The molecule has 0 fully saturated rings. The van der Waals surface area contributed by atoms with Gasteiger partial charge in [0.15, 0.2) is 0 Å². The van der Waals surface area contributed by atoms with E-state index in [0.717, 1.165) is 5.57 Å². The van der Waals surface area contributed by atoms with Crippen molar-refractivity contribution in [3.05, 3.63) is 12.2 Å². The summed E-state index contributed by atoms with van der Waals surface area (Å²) in [6.07, 6.45) is 0.191. The first-order valence-electron chi connectivity index (χ1n) is 2.24. The van der Waals surface area contributed by atoms with Crippen LogP contribution in [-0.2, 0) is 4.79 Å². The maximum absolute atomic E-state index is 10.2. The first kappa shape index (κ1) is 7.17. The van der Waals surface area contributed by atoms with Gasteiger partial charge in [-0.15, -0.1) is 0 Å². The van der Waals surface area contributed by atoms with Gasteiger partial charge >= 0.3 is 0 Å². The van der Waals surface area contributed by atoms with Gasteiger partial charge < -0.3 is 0 Å². The minimum Gasteiger partial charge on any atom is -0.289 e. The fraction of sp³-hybridized carbons (Fsp3) is 0.400. The highest BCUT2D eigenvalue weighted by Gasteiger charge is 1.95. The van der Waals surface area contributed by atoms with Crippen LogP contribution in [0, 0.1) is 0 Å². The third kappa shape index (κ3) is 3.36. The predicted molar refractivity (Wildman–Crippen MR) is 29.4 cm³/mol. The van der Waals surface area contributed by atoms with Gasteiger partial charge in [-0.2, -0.15) is 0 Å². The molecule has 0 aliphatic carbocycles. The molecule has 2 N–H and O–H groups in total. The van der Waals surface area contributed by atoms with Crippen molar-refractivity contribution < 1.29 is 10.0 Å². The van der Waals surface area contributed by atoms with Crippen molar-refractivity contribution in [3.8, 4) is 0 Å². The average Bonchev–Trinajstić information content (AvgIpc) is 1.65. The monoisotopic (exact) mass is 115 g/mol. The van der Waals surface area contributed by atoms with Crippen molar-refractivity contribution in [2.45, 2.75) is 13.3 Å². The number of hydroxylamine groups is 1. The molecule has 3 heteroatoms. The highest BCUT2D eigenvalue weighted by atomic mass is 16.5. The Morgan fingerprint density at radius 2 is 2.38 bits per heavy atom. The largest absolute Gasteiger partial charge is 0.289 e. The summed E-state index contributed by atoms with van der Waals surface area (Å²) in [6.45, 7) is 5.19. The first-order valence-corrected chi connectivity index (χ1v) is 2.24. The van der Waals surface area contributed by atoms with Gasteiger partial charge in [-0.25, -0.2) is 5.48 Å². The van der Waals surface area contributed by atoms with E-state index in [0.29, 0.717) is 0 Å². The highest BCUT2D eigenvalue weighted by molar-refractivity contribution is 5.76. The molecule has 8 heavy (non-hydrogen) atoms. The normalized spacial score (nSPS) is 8.25. The lowest BCUT2D eigenvalue weighted by atomic mass is 10.2. The van der Waals surface area contributed by atoms with E-state index in [1.54, 1.807) is 6.92 Å². The van der Waals surface area contributed by atoms with Crippen LogP contribution in [0.15, 0.2) is 12.2 Å². The summed E-state index contributed by atoms with van der Waals surface area (Å²) in [5.74, 6) is -0.419. The van der Waals surface area contributed by atoms with E-state index in [4.69, 9.17) is 5.21 Å². The van der Waals surface area contributed by atoms with Crippen LogP contribution in [0.2, 0.25) is 0 Å². The zero-order chi connectivity index (χ0) is 6.57. The first-order chi connectivity index (χ1) is 3.66. The van der Waals surface area contributed by atoms with Gasteiger partial charge in [0.05, 0.1) is 0 Å². The Hall–Kier alpha value is -0.830. The van der Waals surface area contributed by atoms with E-state index in [2.05, 4.69) is 6.58 Å². The molecule has 0 atom stereocenters. The molecule has 0 saturated heterocycles. The van der Waals surface area contributed by atoms with E-state index >= 15 is 0 Å². The maximum atomic E-state index is 10.2. The number of hydrogen-bond acceptors (Lipinski definition) is 2. The van der Waals surface area contributed by atoms with Crippen LogP contribution in [-0.4, -0.2) is 11.1 Å². The smallest absolute Gasteiger partial charge is 0.247 e. The SMILES string of the molecule is C=C(C)CC(=O)NO. The zero-order valence-electron chi connectivity index (χ0n) is 4.77. The third-order valence-electron chi connectivity index (χ3n) is 0.587. The van der Waals surface area contributed by atoms with Gasteiger partial charge in [-0.1, -0.05) is 12.2 Å². The summed E-state index contributed by atoms with van der Waals surface area (Å²) in [4.78, 5) is 10.2. The minimum atomic E-state index is -0.419. The van der Waals surface area contributed by atoms with Crippen molar-refractivity contribution in [3.63, 3.8) is 0 Å².